The van der Waals surface area contributed by atoms with Crippen LogP contribution in [0.25, 0.3) is 0 Å². The standard InChI is InChI=1S/C25H33F3N6O5/c1-23(20(37)31(2)21(38)33(23)12-25(26,27)28)7-13-3-5-15(6-4-13)34-19(36)16(17(29)30)18(35)32(22(34)39)11-24-8-14(9-24)10-24/h13-15,35H,3-12H2,1-2H3,(H3,29,30)/t13?,14?,15?,23-,24?/m1/s1. The molecule has 5 aliphatic rings. The number of nitrogens with two attached hydrogens (primary N) is 1. The number of aromatic hydroxyl groups is 1. The van der Waals surface area contributed by atoms with Crippen LogP contribution in [-0.4, -0.2) is 67.1 Å². The van der Waals surface area contributed by atoms with Crippen LogP contribution >= 0.6 is 0 Å². The number of amides is 3. The van der Waals surface area contributed by atoms with Crippen molar-refractivity contribution < 1.29 is 27.9 Å². The maximum atomic E-state index is 13.5. The Balaban J connectivity index is 1.37. The molecule has 1 aliphatic heterocycles. The molecule has 2 bridgehead atoms. The van der Waals surface area contributed by atoms with Gasteiger partial charge in [-0.2, -0.15) is 13.2 Å². The average molecular weight is 555 g/mol. The van der Waals surface area contributed by atoms with Gasteiger partial charge in [-0.25, -0.2) is 9.59 Å². The zero-order chi connectivity index (χ0) is 28.7. The summed E-state index contributed by atoms with van der Waals surface area (Å²) in [6, 6.07) is -1.56. The summed E-state index contributed by atoms with van der Waals surface area (Å²) in [6.45, 7) is 0.0507. The average Bonchev–Trinajstić information content (AvgIpc) is 2.92. The molecule has 6 rings (SSSR count). The largest absolute Gasteiger partial charge is 0.494 e. The molecule has 0 unspecified atom stereocenters. The van der Waals surface area contributed by atoms with E-state index in [1.807, 2.05) is 0 Å². The van der Waals surface area contributed by atoms with Gasteiger partial charge in [0, 0.05) is 19.6 Å². The van der Waals surface area contributed by atoms with Crippen molar-refractivity contribution in [1.82, 2.24) is 18.9 Å². The zero-order valence-corrected chi connectivity index (χ0v) is 21.9. The van der Waals surface area contributed by atoms with E-state index in [-0.39, 0.29) is 24.3 Å². The van der Waals surface area contributed by atoms with E-state index in [0.717, 1.165) is 35.4 Å². The maximum Gasteiger partial charge on any atom is 0.406 e. The Labute approximate surface area is 221 Å². The molecule has 214 valence electrons. The number of imide groups is 1. The highest BCUT2D eigenvalue weighted by Gasteiger charge is 2.57. The molecule has 1 aromatic heterocycles. The number of nitrogens with zero attached hydrogens (tertiary/aromatic N) is 4. The molecule has 3 amide bonds. The van der Waals surface area contributed by atoms with Crippen LogP contribution in [0.5, 0.6) is 5.88 Å². The van der Waals surface area contributed by atoms with Gasteiger partial charge in [0.1, 0.15) is 23.5 Å². The number of aromatic nitrogens is 2. The lowest BCUT2D eigenvalue weighted by Crippen LogP contribution is -2.56. The first-order valence-corrected chi connectivity index (χ1v) is 13.2. The van der Waals surface area contributed by atoms with E-state index >= 15 is 0 Å². The summed E-state index contributed by atoms with van der Waals surface area (Å²) in [5.74, 6) is -1.53. The number of halogens is 3. The van der Waals surface area contributed by atoms with E-state index in [1.165, 1.54) is 6.92 Å². The van der Waals surface area contributed by atoms with Crippen molar-refractivity contribution in [2.24, 2.45) is 23.0 Å². The van der Waals surface area contributed by atoms with E-state index in [1.54, 1.807) is 0 Å². The summed E-state index contributed by atoms with van der Waals surface area (Å²) in [5.41, 5.74) is 1.94. The number of carbonyl (C=O) groups excluding carboxylic acids is 2. The second kappa shape index (κ2) is 8.85. The fourth-order valence-electron chi connectivity index (χ4n) is 7.29. The lowest BCUT2D eigenvalue weighted by atomic mass is 9.44. The first-order valence-electron chi connectivity index (χ1n) is 13.2. The molecular formula is C25H33F3N6O5. The SMILES string of the molecule is CN1C(=O)N(CC(F)(F)F)[C@](C)(CC2CCC(n3c(=O)c(C(=N)N)c(O)n(CC45CC(C4)C5)c3=O)CC2)C1=O. The molecule has 39 heavy (non-hydrogen) atoms. The first kappa shape index (κ1) is 27.3. The highest BCUT2D eigenvalue weighted by atomic mass is 19.4. The summed E-state index contributed by atoms with van der Waals surface area (Å²) in [5, 5.41) is 18.6. The van der Waals surface area contributed by atoms with Crippen molar-refractivity contribution in [1.29, 1.82) is 5.41 Å². The molecule has 1 saturated heterocycles. The number of amidine groups is 1. The van der Waals surface area contributed by atoms with Crippen LogP contribution in [0.2, 0.25) is 0 Å². The van der Waals surface area contributed by atoms with Crippen molar-refractivity contribution in [3.8, 4) is 5.88 Å². The van der Waals surface area contributed by atoms with E-state index in [4.69, 9.17) is 11.1 Å². The third-order valence-electron chi connectivity index (χ3n) is 9.36. The van der Waals surface area contributed by atoms with Gasteiger partial charge < -0.3 is 15.7 Å². The van der Waals surface area contributed by atoms with Gasteiger partial charge in [0.05, 0.1) is 0 Å². The van der Waals surface area contributed by atoms with Gasteiger partial charge in [0.2, 0.25) is 5.88 Å². The summed E-state index contributed by atoms with van der Waals surface area (Å²) < 4.78 is 41.9. The van der Waals surface area contributed by atoms with Gasteiger partial charge >= 0.3 is 17.9 Å². The highest BCUT2D eigenvalue weighted by molar-refractivity contribution is 6.06. The van der Waals surface area contributed by atoms with Crippen LogP contribution in [0.15, 0.2) is 9.59 Å². The van der Waals surface area contributed by atoms with Gasteiger partial charge in [-0.05, 0) is 75.5 Å². The maximum absolute atomic E-state index is 13.5. The van der Waals surface area contributed by atoms with Gasteiger partial charge in [-0.1, -0.05) is 0 Å². The molecule has 0 radical (unpaired) electrons. The first-order chi connectivity index (χ1) is 18.1. The number of nitrogens with one attached hydrogen (secondary N) is 1. The third-order valence-corrected chi connectivity index (χ3v) is 9.36. The van der Waals surface area contributed by atoms with E-state index in [0.29, 0.717) is 41.4 Å². The molecule has 5 fully saturated rings. The topological polar surface area (TPSA) is 155 Å². The number of nitrogen functional groups attached to an aromatic ring is 1. The van der Waals surface area contributed by atoms with Crippen molar-refractivity contribution in [2.45, 2.75) is 82.6 Å². The van der Waals surface area contributed by atoms with Crippen molar-refractivity contribution >= 4 is 17.8 Å². The van der Waals surface area contributed by atoms with Crippen LogP contribution in [-0.2, 0) is 11.3 Å². The third kappa shape index (κ3) is 4.31. The number of hydrogen-bond donors (Lipinski definition) is 3. The quantitative estimate of drug-likeness (QED) is 0.267. The lowest BCUT2D eigenvalue weighted by molar-refractivity contribution is -0.152. The summed E-state index contributed by atoms with van der Waals surface area (Å²) in [6.07, 6.45) is -0.379. The minimum Gasteiger partial charge on any atom is -0.494 e. The Morgan fingerprint density at radius 3 is 2.18 bits per heavy atom. The molecule has 2 heterocycles. The number of alkyl halides is 3. The Morgan fingerprint density at radius 2 is 1.69 bits per heavy atom. The summed E-state index contributed by atoms with van der Waals surface area (Å²) in [4.78, 5) is 53.3. The monoisotopic (exact) mass is 554 g/mol. The van der Waals surface area contributed by atoms with Crippen LogP contribution in [0.3, 0.4) is 0 Å². The van der Waals surface area contributed by atoms with Crippen LogP contribution < -0.4 is 17.0 Å². The van der Waals surface area contributed by atoms with E-state index in [2.05, 4.69) is 0 Å². The van der Waals surface area contributed by atoms with Crippen LogP contribution in [0, 0.1) is 22.7 Å². The molecule has 4 N–H and O–H groups in total. The predicted octanol–water partition coefficient (Wildman–Crippen LogP) is 2.14. The van der Waals surface area contributed by atoms with Crippen LogP contribution in [0.4, 0.5) is 18.0 Å². The molecule has 14 heteroatoms. The normalized spacial score (nSPS) is 32.3. The minimum absolute atomic E-state index is 0.0157. The Kier molecular flexibility index (Phi) is 6.18. The number of likely N-dealkylation sites (N-methyl/N-ethyl adjacent to an activating group) is 1. The zero-order valence-electron chi connectivity index (χ0n) is 21.9. The molecule has 4 aliphatic carbocycles. The number of carbonyl (C=O) groups is 2. The van der Waals surface area contributed by atoms with E-state index in [9.17, 15) is 37.5 Å². The Morgan fingerprint density at radius 1 is 1.10 bits per heavy atom. The fraction of sp³-hybridized carbons (Fsp3) is 0.720. The summed E-state index contributed by atoms with van der Waals surface area (Å²) in [7, 11) is 1.16. The molecule has 0 spiro atoms. The van der Waals surface area contributed by atoms with Crippen molar-refractivity contribution in [3.63, 3.8) is 0 Å². The lowest BCUT2D eigenvalue weighted by Gasteiger charge is -2.62. The highest BCUT2D eigenvalue weighted by Crippen LogP contribution is 2.65. The Hall–Kier alpha value is -3.32. The van der Waals surface area contributed by atoms with Gasteiger partial charge in [0.15, 0.2) is 0 Å². The molecule has 0 aromatic carbocycles. The minimum atomic E-state index is -4.67. The predicted molar refractivity (Wildman–Crippen MR) is 132 cm³/mol. The number of hydrogen-bond acceptors (Lipinski definition) is 6. The van der Waals surface area contributed by atoms with Gasteiger partial charge in [-0.3, -0.25) is 29.0 Å². The molecule has 4 saturated carbocycles. The summed E-state index contributed by atoms with van der Waals surface area (Å²) >= 11 is 0. The van der Waals surface area contributed by atoms with E-state index < -0.39 is 64.8 Å². The Bertz CT molecular complexity index is 1340. The second-order valence-electron chi connectivity index (χ2n) is 12.1. The van der Waals surface area contributed by atoms with Crippen molar-refractivity contribution in [3.05, 3.63) is 26.4 Å². The number of urea groups is 1. The second-order valence-corrected chi connectivity index (χ2v) is 12.1. The van der Waals surface area contributed by atoms with Gasteiger partial charge in [0.25, 0.3) is 11.5 Å². The molecule has 1 atom stereocenters. The van der Waals surface area contributed by atoms with Gasteiger partial charge in [-0.15, -0.1) is 0 Å². The molecule has 11 nitrogen and oxygen atoms in total. The van der Waals surface area contributed by atoms with Crippen molar-refractivity contribution in [2.75, 3.05) is 13.6 Å². The molecular weight excluding hydrogens is 521 g/mol. The number of rotatable bonds is 7. The van der Waals surface area contributed by atoms with Crippen LogP contribution in [0.1, 0.15) is 69.9 Å². The fourth-order valence-corrected chi connectivity index (χ4v) is 7.29. The molecule has 1 aromatic rings. The smallest absolute Gasteiger partial charge is 0.406 e.